The Morgan fingerprint density at radius 2 is 2.07 bits per heavy atom. The summed E-state index contributed by atoms with van der Waals surface area (Å²) in [6.07, 6.45) is -2.05. The molecule has 2 N–H and O–H groups in total. The van der Waals surface area contributed by atoms with E-state index in [0.717, 1.165) is 0 Å². The minimum Gasteiger partial charge on any atom is -0.453 e. The number of hydrogen-bond donors (Lipinski definition) is 2. The van der Waals surface area contributed by atoms with Gasteiger partial charge in [0, 0.05) is 10.4 Å². The molecule has 5 heteroatoms. The number of benzene rings is 1. The maximum atomic E-state index is 11.2. The van der Waals surface area contributed by atoms with Crippen LogP contribution in [0.1, 0.15) is 10.6 Å². The van der Waals surface area contributed by atoms with Crippen molar-refractivity contribution in [1.29, 1.82) is 0 Å². The molecule has 1 aromatic carbocycles. The van der Waals surface area contributed by atoms with Gasteiger partial charge in [0.15, 0.2) is 5.76 Å². The summed E-state index contributed by atoms with van der Waals surface area (Å²) in [6, 6.07) is 6.28. The molecule has 0 radical (unpaired) electrons. The molecule has 2 rings (SSSR count). The Balaban J connectivity index is 2.52. The first-order valence-corrected chi connectivity index (χ1v) is 4.55. The molecule has 0 saturated carbocycles. The van der Waals surface area contributed by atoms with Gasteiger partial charge in [0.25, 0.3) is 5.78 Å². The lowest BCUT2D eigenvalue weighted by molar-refractivity contribution is -0.0211. The number of halogens is 1. The summed E-state index contributed by atoms with van der Waals surface area (Å²) in [5.41, 5.74) is 0.475. The van der Waals surface area contributed by atoms with Crippen molar-refractivity contribution >= 4 is 28.4 Å². The highest BCUT2D eigenvalue weighted by atomic mass is 35.5. The van der Waals surface area contributed by atoms with Gasteiger partial charge in [-0.3, -0.25) is 4.79 Å². The topological polar surface area (TPSA) is 70.7 Å². The van der Waals surface area contributed by atoms with Crippen molar-refractivity contribution in [1.82, 2.24) is 0 Å². The summed E-state index contributed by atoms with van der Waals surface area (Å²) in [6.45, 7) is 0. The monoisotopic (exact) mass is 226 g/mol. The van der Waals surface area contributed by atoms with Crippen LogP contribution in [0.3, 0.4) is 0 Å². The van der Waals surface area contributed by atoms with E-state index >= 15 is 0 Å². The molecule has 4 nitrogen and oxygen atoms in total. The molecule has 0 aliphatic carbocycles. The molecule has 0 unspecified atom stereocenters. The van der Waals surface area contributed by atoms with Crippen LogP contribution in [0.5, 0.6) is 0 Å². The molecule has 0 aliphatic rings. The lowest BCUT2D eigenvalue weighted by Crippen LogP contribution is -2.18. The van der Waals surface area contributed by atoms with Gasteiger partial charge in [0.05, 0.1) is 0 Å². The Morgan fingerprint density at radius 1 is 1.33 bits per heavy atom. The van der Waals surface area contributed by atoms with Crippen molar-refractivity contribution in [3.63, 3.8) is 0 Å². The van der Waals surface area contributed by atoms with Crippen LogP contribution in [0.4, 0.5) is 0 Å². The van der Waals surface area contributed by atoms with Gasteiger partial charge >= 0.3 is 0 Å². The van der Waals surface area contributed by atoms with Crippen LogP contribution in [0, 0.1) is 0 Å². The van der Waals surface area contributed by atoms with E-state index in [2.05, 4.69) is 0 Å². The first-order valence-electron chi connectivity index (χ1n) is 4.17. The van der Waals surface area contributed by atoms with Crippen LogP contribution in [-0.4, -0.2) is 22.3 Å². The van der Waals surface area contributed by atoms with Crippen LogP contribution in [0.15, 0.2) is 28.7 Å². The molecule has 0 fully saturated rings. The molecule has 2 aromatic rings. The van der Waals surface area contributed by atoms with E-state index in [4.69, 9.17) is 26.2 Å². The van der Waals surface area contributed by atoms with Crippen LogP contribution in [-0.2, 0) is 0 Å². The van der Waals surface area contributed by atoms with Crippen LogP contribution in [0.25, 0.3) is 11.0 Å². The first-order chi connectivity index (χ1) is 7.08. The minimum atomic E-state index is -2.05. The maximum absolute atomic E-state index is 11.2. The van der Waals surface area contributed by atoms with Gasteiger partial charge in [0.2, 0.25) is 6.29 Å². The van der Waals surface area contributed by atoms with E-state index in [1.54, 1.807) is 18.2 Å². The third-order valence-corrected chi connectivity index (χ3v) is 2.19. The molecule has 1 heterocycles. The average Bonchev–Trinajstić information content (AvgIpc) is 2.58. The van der Waals surface area contributed by atoms with Crippen molar-refractivity contribution in [3.05, 3.63) is 35.0 Å². The largest absolute Gasteiger partial charge is 0.453 e. The smallest absolute Gasteiger partial charge is 0.253 e. The second-order valence-corrected chi connectivity index (χ2v) is 3.47. The number of hydrogen-bond acceptors (Lipinski definition) is 4. The summed E-state index contributed by atoms with van der Waals surface area (Å²) in [5, 5.41) is 18.5. The highest BCUT2D eigenvalue weighted by molar-refractivity contribution is 6.31. The third kappa shape index (κ3) is 1.87. The fraction of sp³-hybridized carbons (Fsp3) is 0.100. The lowest BCUT2D eigenvalue weighted by Gasteiger charge is -1.96. The average molecular weight is 227 g/mol. The summed E-state index contributed by atoms with van der Waals surface area (Å²) < 4.78 is 5.12. The minimum absolute atomic E-state index is 0.0951. The Labute approximate surface area is 89.7 Å². The zero-order valence-electron chi connectivity index (χ0n) is 7.48. The van der Waals surface area contributed by atoms with Gasteiger partial charge in [-0.25, -0.2) is 0 Å². The quantitative estimate of drug-likeness (QED) is 0.603. The van der Waals surface area contributed by atoms with Gasteiger partial charge < -0.3 is 14.6 Å². The molecule has 0 amide bonds. The lowest BCUT2D eigenvalue weighted by atomic mass is 10.2. The third-order valence-electron chi connectivity index (χ3n) is 1.96. The zero-order valence-corrected chi connectivity index (χ0v) is 8.23. The molecule has 15 heavy (non-hydrogen) atoms. The number of carbonyl (C=O) groups is 1. The zero-order chi connectivity index (χ0) is 11.0. The molecular weight excluding hydrogens is 220 g/mol. The van der Waals surface area contributed by atoms with Gasteiger partial charge in [-0.05, 0) is 24.3 Å². The molecule has 0 aliphatic heterocycles. The molecule has 0 spiro atoms. The molecule has 78 valence electrons. The van der Waals surface area contributed by atoms with E-state index in [1.807, 2.05) is 0 Å². The summed E-state index contributed by atoms with van der Waals surface area (Å²) >= 11 is 5.74. The van der Waals surface area contributed by atoms with Gasteiger partial charge in [-0.2, -0.15) is 0 Å². The number of aliphatic hydroxyl groups excluding tert-OH is 1. The van der Waals surface area contributed by atoms with E-state index in [9.17, 15) is 4.79 Å². The van der Waals surface area contributed by atoms with E-state index in [-0.39, 0.29) is 5.76 Å². The van der Waals surface area contributed by atoms with Crippen LogP contribution in [0.2, 0.25) is 5.02 Å². The Morgan fingerprint density at radius 3 is 2.73 bits per heavy atom. The number of aliphatic hydroxyl groups is 2. The summed E-state index contributed by atoms with van der Waals surface area (Å²) in [5.74, 6) is -0.968. The summed E-state index contributed by atoms with van der Waals surface area (Å²) in [7, 11) is 0. The van der Waals surface area contributed by atoms with Gasteiger partial charge in [-0.15, -0.1) is 0 Å². The number of rotatable bonds is 2. The summed E-state index contributed by atoms with van der Waals surface area (Å²) in [4.78, 5) is 11.2. The van der Waals surface area contributed by atoms with Crippen LogP contribution < -0.4 is 0 Å². The fourth-order valence-corrected chi connectivity index (χ4v) is 1.44. The Kier molecular flexibility index (Phi) is 2.48. The highest BCUT2D eigenvalue weighted by Crippen LogP contribution is 2.23. The predicted octanol–water partition coefficient (Wildman–Crippen LogP) is 1.58. The first kappa shape index (κ1) is 10.2. The van der Waals surface area contributed by atoms with Crippen molar-refractivity contribution in [2.75, 3.05) is 0 Å². The predicted molar refractivity (Wildman–Crippen MR) is 53.8 cm³/mol. The van der Waals surface area contributed by atoms with E-state index in [0.29, 0.717) is 16.0 Å². The van der Waals surface area contributed by atoms with E-state index < -0.39 is 12.1 Å². The molecule has 1 aromatic heterocycles. The van der Waals surface area contributed by atoms with E-state index in [1.165, 1.54) is 6.07 Å². The van der Waals surface area contributed by atoms with Crippen molar-refractivity contribution in [3.8, 4) is 0 Å². The highest BCUT2D eigenvalue weighted by Gasteiger charge is 2.18. The number of Topliss-reactive ketones (excluding diaryl/α,β-unsaturated/α-hetero) is 1. The Hall–Kier alpha value is -1.36. The standard InChI is InChI=1S/C10H7ClO4/c11-6-1-2-7-5(3-6)4-8(15-7)9(12)10(13)14/h1-4,10,13-14H. The number of fused-ring (bicyclic) bond motifs is 1. The van der Waals surface area contributed by atoms with Crippen molar-refractivity contribution in [2.24, 2.45) is 0 Å². The Bertz CT molecular complexity index is 515. The number of carbonyl (C=O) groups excluding carboxylic acids is 1. The SMILES string of the molecule is O=C(c1cc2cc(Cl)ccc2o1)C(O)O. The molecule has 0 atom stereocenters. The van der Waals surface area contributed by atoms with Crippen molar-refractivity contribution in [2.45, 2.75) is 6.29 Å². The number of furan rings is 1. The normalized spacial score (nSPS) is 11.2. The van der Waals surface area contributed by atoms with Crippen molar-refractivity contribution < 1.29 is 19.4 Å². The van der Waals surface area contributed by atoms with Gasteiger partial charge in [0.1, 0.15) is 5.58 Å². The second kappa shape index (κ2) is 3.66. The van der Waals surface area contributed by atoms with Gasteiger partial charge in [-0.1, -0.05) is 11.6 Å². The molecular formula is C10H7ClO4. The fourth-order valence-electron chi connectivity index (χ4n) is 1.26. The molecule has 0 bridgehead atoms. The molecule has 0 saturated heterocycles. The maximum Gasteiger partial charge on any atom is 0.253 e. The second-order valence-electron chi connectivity index (χ2n) is 3.03. The number of ketones is 1. The van der Waals surface area contributed by atoms with Crippen LogP contribution >= 0.6 is 11.6 Å².